The van der Waals surface area contributed by atoms with Crippen LogP contribution in [0, 0.1) is 10.1 Å². The fraction of sp³-hybridized carbons (Fsp3) is 0.259. The molecule has 0 saturated carbocycles. The molecule has 3 rings (SSSR count). The lowest BCUT2D eigenvalue weighted by atomic mass is 9.80. The number of nitrogens with zero attached hydrogens (tertiary/aromatic N) is 1. The summed E-state index contributed by atoms with van der Waals surface area (Å²) in [7, 11) is 1.19. The van der Waals surface area contributed by atoms with Crippen LogP contribution in [0.3, 0.4) is 0 Å². The van der Waals surface area contributed by atoms with Gasteiger partial charge >= 0.3 is 17.9 Å². The minimum absolute atomic E-state index is 0.0568. The maximum atomic E-state index is 13.2. The molecule has 0 spiro atoms. The molecule has 0 aliphatic carbocycles. The number of anilines is 1. The van der Waals surface area contributed by atoms with Crippen molar-refractivity contribution in [2.75, 3.05) is 25.6 Å². The molecule has 1 heterocycles. The summed E-state index contributed by atoms with van der Waals surface area (Å²) in [5.41, 5.74) is 1.84. The molecule has 1 atom stereocenters. The molecule has 0 aromatic heterocycles. The molecule has 0 bridgehead atoms. The highest BCUT2D eigenvalue weighted by molar-refractivity contribution is 6.00. The van der Waals surface area contributed by atoms with Gasteiger partial charge in [0.05, 0.1) is 34.7 Å². The van der Waals surface area contributed by atoms with Crippen LogP contribution < -0.4 is 10.6 Å². The number of esters is 3. The molecule has 204 valence electrons. The Morgan fingerprint density at radius 2 is 1.51 bits per heavy atom. The fourth-order valence-corrected chi connectivity index (χ4v) is 4.12. The first-order valence-corrected chi connectivity index (χ1v) is 11.8. The number of carbonyl (C=O) groups is 4. The Morgan fingerprint density at radius 3 is 2.08 bits per heavy atom. The van der Waals surface area contributed by atoms with Gasteiger partial charge in [-0.15, -0.1) is 0 Å². The second kappa shape index (κ2) is 12.5. The van der Waals surface area contributed by atoms with Gasteiger partial charge in [0.2, 0.25) is 5.91 Å². The molecular formula is C27H27N3O9. The van der Waals surface area contributed by atoms with E-state index >= 15 is 0 Å². The van der Waals surface area contributed by atoms with Gasteiger partial charge in [-0.25, -0.2) is 14.4 Å². The predicted molar refractivity (Wildman–Crippen MR) is 138 cm³/mol. The normalized spacial score (nSPS) is 14.7. The Bertz CT molecular complexity index is 1380. The van der Waals surface area contributed by atoms with Crippen LogP contribution in [0.5, 0.6) is 0 Å². The van der Waals surface area contributed by atoms with Gasteiger partial charge in [-0.1, -0.05) is 12.1 Å². The number of dihydropyridines is 1. The molecule has 2 aromatic rings. The summed E-state index contributed by atoms with van der Waals surface area (Å²) in [6.45, 7) is 4.07. The quantitative estimate of drug-likeness (QED) is 0.159. The lowest BCUT2D eigenvalue weighted by molar-refractivity contribution is -0.384. The molecule has 1 amide bonds. The van der Waals surface area contributed by atoms with Crippen molar-refractivity contribution < 1.29 is 38.3 Å². The zero-order valence-electron chi connectivity index (χ0n) is 21.7. The highest BCUT2D eigenvalue weighted by Crippen LogP contribution is 2.40. The second-order valence-electron chi connectivity index (χ2n) is 8.51. The van der Waals surface area contributed by atoms with Crippen LogP contribution in [0.1, 0.15) is 42.6 Å². The number of hydrogen-bond donors (Lipinski definition) is 2. The van der Waals surface area contributed by atoms with E-state index in [2.05, 4.69) is 10.6 Å². The van der Waals surface area contributed by atoms with Gasteiger partial charge in [0.1, 0.15) is 13.2 Å². The highest BCUT2D eigenvalue weighted by atomic mass is 16.6. The Hall–Kier alpha value is -5.00. The monoisotopic (exact) mass is 537 g/mol. The Kier molecular flexibility index (Phi) is 9.15. The van der Waals surface area contributed by atoms with E-state index in [-0.39, 0.29) is 41.5 Å². The van der Waals surface area contributed by atoms with Crippen molar-refractivity contribution in [1.29, 1.82) is 0 Å². The number of allylic oxidation sites excluding steroid dienone is 2. The van der Waals surface area contributed by atoms with E-state index in [0.29, 0.717) is 22.6 Å². The van der Waals surface area contributed by atoms with E-state index in [4.69, 9.17) is 14.2 Å². The van der Waals surface area contributed by atoms with E-state index in [9.17, 15) is 29.3 Å². The number of carbonyl (C=O) groups excluding carboxylic acids is 4. The Morgan fingerprint density at radius 1 is 0.923 bits per heavy atom. The largest absolute Gasteiger partial charge is 0.466 e. The molecule has 0 unspecified atom stereocenters. The predicted octanol–water partition coefficient (Wildman–Crippen LogP) is 3.36. The van der Waals surface area contributed by atoms with Crippen molar-refractivity contribution in [2.45, 2.75) is 26.7 Å². The standard InChI is InChI=1S/C27H27N3O9/c1-15-22(26(33)37-4)24(19-6-5-7-21(14-19)30(35)36)23(16(2)28-15)27(34)39-13-12-38-25(32)18-8-10-20(11-9-18)29-17(3)31/h5-11,14,24,28H,12-13H2,1-4H3,(H,29,31)/t24-/m0/s1. The Labute approximate surface area is 223 Å². The summed E-state index contributed by atoms with van der Waals surface area (Å²) in [6, 6.07) is 11.7. The van der Waals surface area contributed by atoms with Gasteiger partial charge in [0.15, 0.2) is 0 Å². The summed E-state index contributed by atoms with van der Waals surface area (Å²) >= 11 is 0. The van der Waals surface area contributed by atoms with E-state index in [1.807, 2.05) is 0 Å². The molecule has 12 nitrogen and oxygen atoms in total. The smallest absolute Gasteiger partial charge is 0.338 e. The van der Waals surface area contributed by atoms with Crippen molar-refractivity contribution in [2.24, 2.45) is 0 Å². The molecule has 0 saturated heterocycles. The first kappa shape index (κ1) is 28.6. The third kappa shape index (κ3) is 6.86. The van der Waals surface area contributed by atoms with Gasteiger partial charge in [-0.2, -0.15) is 0 Å². The topological polar surface area (TPSA) is 163 Å². The van der Waals surface area contributed by atoms with Gasteiger partial charge in [-0.3, -0.25) is 14.9 Å². The summed E-state index contributed by atoms with van der Waals surface area (Å²) in [4.78, 5) is 60.1. The average Bonchev–Trinajstić information content (AvgIpc) is 2.90. The molecule has 39 heavy (non-hydrogen) atoms. The minimum atomic E-state index is -1.00. The van der Waals surface area contributed by atoms with Crippen LogP contribution in [0.25, 0.3) is 0 Å². The Balaban J connectivity index is 1.75. The number of nitro benzene ring substituents is 1. The van der Waals surface area contributed by atoms with E-state index in [1.165, 1.54) is 44.4 Å². The number of nitro groups is 1. The van der Waals surface area contributed by atoms with E-state index in [1.54, 1.807) is 32.0 Å². The van der Waals surface area contributed by atoms with Crippen LogP contribution in [-0.2, 0) is 28.6 Å². The molecule has 2 aromatic carbocycles. The number of methoxy groups -OCH3 is 1. The van der Waals surface area contributed by atoms with Crippen molar-refractivity contribution in [3.63, 3.8) is 0 Å². The van der Waals surface area contributed by atoms with Crippen LogP contribution >= 0.6 is 0 Å². The molecule has 0 fully saturated rings. The highest BCUT2D eigenvalue weighted by Gasteiger charge is 2.38. The summed E-state index contributed by atoms with van der Waals surface area (Å²) < 4.78 is 15.4. The van der Waals surface area contributed by atoms with Gasteiger partial charge in [0, 0.05) is 36.1 Å². The number of ether oxygens (including phenoxy) is 3. The molecule has 1 aliphatic rings. The lowest BCUT2D eigenvalue weighted by Gasteiger charge is -2.30. The second-order valence-corrected chi connectivity index (χ2v) is 8.51. The number of nitrogens with one attached hydrogen (secondary N) is 2. The summed E-state index contributed by atoms with van der Waals surface area (Å²) in [6.07, 6.45) is 0. The van der Waals surface area contributed by atoms with Crippen LogP contribution in [-0.4, -0.2) is 49.1 Å². The lowest BCUT2D eigenvalue weighted by Crippen LogP contribution is -2.32. The van der Waals surface area contributed by atoms with E-state index in [0.717, 1.165) is 0 Å². The fourth-order valence-electron chi connectivity index (χ4n) is 4.12. The van der Waals surface area contributed by atoms with Crippen molar-refractivity contribution in [1.82, 2.24) is 5.32 Å². The van der Waals surface area contributed by atoms with E-state index < -0.39 is 28.7 Å². The number of amides is 1. The van der Waals surface area contributed by atoms with Gasteiger partial charge < -0.3 is 24.8 Å². The molecule has 12 heteroatoms. The van der Waals surface area contributed by atoms with Crippen LogP contribution in [0.2, 0.25) is 0 Å². The number of non-ortho nitro benzene ring substituents is 1. The van der Waals surface area contributed by atoms with Crippen molar-refractivity contribution in [3.05, 3.63) is 92.3 Å². The molecule has 0 radical (unpaired) electrons. The maximum Gasteiger partial charge on any atom is 0.338 e. The SMILES string of the molecule is COC(=O)C1=C(C)NC(C)=C(C(=O)OCCOC(=O)c2ccc(NC(C)=O)cc2)[C@H]1c1cccc([N+](=O)[O-])c1. The van der Waals surface area contributed by atoms with Crippen molar-refractivity contribution >= 4 is 35.2 Å². The summed E-state index contributed by atoms with van der Waals surface area (Å²) in [5.74, 6) is -3.43. The van der Waals surface area contributed by atoms with Gasteiger partial charge in [-0.05, 0) is 43.7 Å². The molecular weight excluding hydrogens is 510 g/mol. The third-order valence-electron chi connectivity index (χ3n) is 5.79. The number of hydrogen-bond acceptors (Lipinski definition) is 10. The third-order valence-corrected chi connectivity index (χ3v) is 5.79. The molecule has 2 N–H and O–H groups in total. The van der Waals surface area contributed by atoms with Crippen LogP contribution in [0.4, 0.5) is 11.4 Å². The number of rotatable bonds is 9. The van der Waals surface area contributed by atoms with Crippen LogP contribution in [0.15, 0.2) is 71.1 Å². The van der Waals surface area contributed by atoms with Gasteiger partial charge in [0.25, 0.3) is 5.69 Å². The average molecular weight is 538 g/mol. The summed E-state index contributed by atoms with van der Waals surface area (Å²) in [5, 5.41) is 16.9. The minimum Gasteiger partial charge on any atom is -0.466 e. The zero-order valence-corrected chi connectivity index (χ0v) is 21.7. The zero-order chi connectivity index (χ0) is 28.7. The molecule has 1 aliphatic heterocycles. The first-order chi connectivity index (χ1) is 18.5. The first-order valence-electron chi connectivity index (χ1n) is 11.8. The number of benzene rings is 2. The maximum absolute atomic E-state index is 13.2. The van der Waals surface area contributed by atoms with Crippen molar-refractivity contribution in [3.8, 4) is 0 Å².